The molecule has 2 aromatic heterocycles. The Kier molecular flexibility index (Phi) is 2.67. The minimum atomic E-state index is -0.304. The summed E-state index contributed by atoms with van der Waals surface area (Å²) in [6.45, 7) is 3.55. The normalized spacial score (nSPS) is 12.4. The monoisotopic (exact) mass is 221 g/mol. The van der Waals surface area contributed by atoms with Gasteiger partial charge in [-0.15, -0.1) is 10.2 Å². The Hall–Kier alpha value is -2.18. The van der Waals surface area contributed by atoms with Crippen molar-refractivity contribution >= 4 is 5.91 Å². The smallest absolute Gasteiger partial charge is 0.255 e. The predicted octanol–water partition coefficient (Wildman–Crippen LogP) is 0.592. The number of nitrogens with zero attached hydrogens (tertiary/aromatic N) is 3. The number of hydrogen-bond acceptors (Lipinski definition) is 5. The van der Waals surface area contributed by atoms with Gasteiger partial charge in [-0.1, -0.05) is 5.21 Å². The number of furan rings is 1. The fraction of sp³-hybridized carbons (Fsp3) is 0.333. The quantitative estimate of drug-likeness (QED) is 0.790. The molecule has 0 aliphatic rings. The summed E-state index contributed by atoms with van der Waals surface area (Å²) in [6, 6.07) is 1.36. The van der Waals surface area contributed by atoms with Crippen molar-refractivity contribution in [3.8, 4) is 0 Å². The fourth-order valence-electron chi connectivity index (χ4n) is 1.26. The molecule has 0 aliphatic heterocycles. The first-order chi connectivity index (χ1) is 7.66. The number of carbonyl (C=O) groups is 1. The summed E-state index contributed by atoms with van der Waals surface area (Å²) in [5, 5.41) is 16.0. The van der Waals surface area contributed by atoms with Crippen LogP contribution in [-0.4, -0.2) is 26.5 Å². The van der Waals surface area contributed by atoms with E-state index in [1.165, 1.54) is 6.26 Å². The minimum Gasteiger partial charge on any atom is -0.469 e. The average Bonchev–Trinajstić information content (AvgIpc) is 2.87. The first kappa shape index (κ1) is 10.3. The highest BCUT2D eigenvalue weighted by molar-refractivity contribution is 5.94. The van der Waals surface area contributed by atoms with Crippen molar-refractivity contribution < 1.29 is 9.21 Å². The molecule has 0 radical (unpaired) electrons. The lowest BCUT2D eigenvalue weighted by molar-refractivity contribution is 0.0937. The molecule has 0 aliphatic carbocycles. The number of tetrazole rings is 1. The Balaban J connectivity index is 2.03. The second-order valence-corrected chi connectivity index (χ2v) is 3.41. The van der Waals surface area contributed by atoms with Crippen molar-refractivity contribution in [1.82, 2.24) is 25.9 Å². The van der Waals surface area contributed by atoms with Gasteiger partial charge in [0.25, 0.3) is 5.91 Å². The van der Waals surface area contributed by atoms with E-state index in [0.717, 1.165) is 0 Å². The molecule has 0 aromatic carbocycles. The number of carbonyl (C=O) groups excluding carboxylic acids is 1. The number of rotatable bonds is 3. The van der Waals surface area contributed by atoms with Gasteiger partial charge in [0.05, 0.1) is 11.6 Å². The highest BCUT2D eigenvalue weighted by Crippen LogP contribution is 2.09. The Morgan fingerprint density at radius 3 is 3.00 bits per heavy atom. The number of hydrogen-bond donors (Lipinski definition) is 2. The van der Waals surface area contributed by atoms with Gasteiger partial charge in [0.1, 0.15) is 12.0 Å². The molecule has 0 bridgehead atoms. The van der Waals surface area contributed by atoms with E-state index in [9.17, 15) is 4.79 Å². The lowest BCUT2D eigenvalue weighted by atomic mass is 10.2. The van der Waals surface area contributed by atoms with Crippen molar-refractivity contribution in [2.24, 2.45) is 0 Å². The van der Waals surface area contributed by atoms with Gasteiger partial charge in [0.15, 0.2) is 5.82 Å². The van der Waals surface area contributed by atoms with Crippen LogP contribution in [0.15, 0.2) is 16.7 Å². The van der Waals surface area contributed by atoms with E-state index in [2.05, 4.69) is 25.9 Å². The summed E-state index contributed by atoms with van der Waals surface area (Å²) in [5.74, 6) is 0.903. The zero-order valence-electron chi connectivity index (χ0n) is 8.89. The van der Waals surface area contributed by atoms with Crippen LogP contribution in [-0.2, 0) is 0 Å². The first-order valence-electron chi connectivity index (χ1n) is 4.76. The summed E-state index contributed by atoms with van der Waals surface area (Å²) >= 11 is 0. The SMILES string of the molecule is Cc1cc(C(=O)NC(C)c2nn[nH]n2)co1. The Bertz CT molecular complexity index is 476. The largest absolute Gasteiger partial charge is 0.469 e. The number of aromatic nitrogens is 4. The maximum atomic E-state index is 11.7. The van der Waals surface area contributed by atoms with E-state index in [1.54, 1.807) is 19.9 Å². The van der Waals surface area contributed by atoms with E-state index in [1.807, 2.05) is 0 Å². The van der Waals surface area contributed by atoms with Crippen LogP contribution in [0, 0.1) is 6.92 Å². The molecule has 2 heterocycles. The molecular weight excluding hydrogens is 210 g/mol. The van der Waals surface area contributed by atoms with Crippen molar-refractivity contribution in [2.45, 2.75) is 19.9 Å². The van der Waals surface area contributed by atoms with E-state index in [4.69, 9.17) is 4.42 Å². The maximum Gasteiger partial charge on any atom is 0.255 e. The third-order valence-electron chi connectivity index (χ3n) is 2.09. The van der Waals surface area contributed by atoms with E-state index in [0.29, 0.717) is 17.1 Å². The molecule has 16 heavy (non-hydrogen) atoms. The molecule has 0 fully saturated rings. The Labute approximate surface area is 91.2 Å². The van der Waals surface area contributed by atoms with Gasteiger partial charge in [-0.05, 0) is 19.9 Å². The van der Waals surface area contributed by atoms with E-state index >= 15 is 0 Å². The first-order valence-corrected chi connectivity index (χ1v) is 4.76. The van der Waals surface area contributed by atoms with Crippen LogP contribution in [0.4, 0.5) is 0 Å². The summed E-state index contributed by atoms with van der Waals surface area (Å²) in [5.41, 5.74) is 0.479. The number of aryl methyl sites for hydroxylation is 1. The predicted molar refractivity (Wildman–Crippen MR) is 53.5 cm³/mol. The van der Waals surface area contributed by atoms with Crippen molar-refractivity contribution in [3.05, 3.63) is 29.5 Å². The molecule has 84 valence electrons. The second-order valence-electron chi connectivity index (χ2n) is 3.41. The van der Waals surface area contributed by atoms with Crippen molar-refractivity contribution in [2.75, 3.05) is 0 Å². The third-order valence-corrected chi connectivity index (χ3v) is 2.09. The maximum absolute atomic E-state index is 11.7. The highest BCUT2D eigenvalue weighted by atomic mass is 16.3. The molecule has 7 heteroatoms. The lowest BCUT2D eigenvalue weighted by Crippen LogP contribution is -2.27. The van der Waals surface area contributed by atoms with Gasteiger partial charge >= 0.3 is 0 Å². The van der Waals surface area contributed by atoms with Gasteiger partial charge in [0.2, 0.25) is 0 Å². The van der Waals surface area contributed by atoms with Gasteiger partial charge in [-0.3, -0.25) is 4.79 Å². The van der Waals surface area contributed by atoms with Crippen molar-refractivity contribution in [3.63, 3.8) is 0 Å². The molecule has 1 atom stereocenters. The number of amides is 1. The number of nitrogens with one attached hydrogen (secondary N) is 2. The second kappa shape index (κ2) is 4.13. The van der Waals surface area contributed by atoms with Crippen LogP contribution in [0.25, 0.3) is 0 Å². The van der Waals surface area contributed by atoms with E-state index in [-0.39, 0.29) is 11.9 Å². The Morgan fingerprint density at radius 1 is 1.62 bits per heavy atom. The van der Waals surface area contributed by atoms with E-state index < -0.39 is 0 Å². The molecule has 1 amide bonds. The topological polar surface area (TPSA) is 96.7 Å². The molecule has 2 rings (SSSR count). The minimum absolute atomic E-state index is 0.228. The van der Waals surface area contributed by atoms with Crippen LogP contribution in [0.2, 0.25) is 0 Å². The fourth-order valence-corrected chi connectivity index (χ4v) is 1.26. The van der Waals surface area contributed by atoms with Gasteiger partial charge < -0.3 is 9.73 Å². The van der Waals surface area contributed by atoms with Crippen LogP contribution < -0.4 is 5.32 Å². The molecule has 2 aromatic rings. The van der Waals surface area contributed by atoms with Crippen LogP contribution in [0.3, 0.4) is 0 Å². The highest BCUT2D eigenvalue weighted by Gasteiger charge is 2.15. The van der Waals surface area contributed by atoms with Crippen molar-refractivity contribution in [1.29, 1.82) is 0 Å². The Morgan fingerprint density at radius 2 is 2.44 bits per heavy atom. The molecule has 7 nitrogen and oxygen atoms in total. The molecular formula is C9H11N5O2. The van der Waals surface area contributed by atoms with Crippen LogP contribution in [0.1, 0.15) is 34.9 Å². The summed E-state index contributed by atoms with van der Waals surface area (Å²) in [7, 11) is 0. The van der Waals surface area contributed by atoms with Gasteiger partial charge in [-0.2, -0.15) is 5.21 Å². The van der Waals surface area contributed by atoms with Gasteiger partial charge in [-0.25, -0.2) is 0 Å². The number of H-pyrrole nitrogens is 1. The molecule has 2 N–H and O–H groups in total. The number of aromatic amines is 1. The molecule has 0 spiro atoms. The summed E-state index contributed by atoms with van der Waals surface area (Å²) in [4.78, 5) is 11.7. The van der Waals surface area contributed by atoms with Crippen LogP contribution >= 0.6 is 0 Å². The molecule has 0 saturated carbocycles. The van der Waals surface area contributed by atoms with Gasteiger partial charge in [0, 0.05) is 0 Å². The zero-order chi connectivity index (χ0) is 11.5. The summed E-state index contributed by atoms with van der Waals surface area (Å²) < 4.78 is 5.05. The zero-order valence-corrected chi connectivity index (χ0v) is 8.89. The summed E-state index contributed by atoms with van der Waals surface area (Å²) in [6.07, 6.45) is 1.41. The molecule has 1 unspecified atom stereocenters. The average molecular weight is 221 g/mol. The molecule has 0 saturated heterocycles. The standard InChI is InChI=1S/C9H11N5O2/c1-5-3-7(4-16-5)9(15)10-6(2)8-11-13-14-12-8/h3-4,6H,1-2H3,(H,10,15)(H,11,12,13,14). The third kappa shape index (κ3) is 2.08. The lowest BCUT2D eigenvalue weighted by Gasteiger charge is -2.07. The van der Waals surface area contributed by atoms with Crippen LogP contribution in [0.5, 0.6) is 0 Å².